The molecule has 0 saturated carbocycles. The lowest BCUT2D eigenvalue weighted by Gasteiger charge is -2.22. The highest BCUT2D eigenvalue weighted by atomic mass is 79.9. The van der Waals surface area contributed by atoms with Crippen molar-refractivity contribution in [3.05, 3.63) is 45.9 Å². The van der Waals surface area contributed by atoms with Gasteiger partial charge in [-0.25, -0.2) is 0 Å². The second kappa shape index (κ2) is 3.42. The Kier molecular flexibility index (Phi) is 2.27. The predicted octanol–water partition coefficient (Wildman–Crippen LogP) is 2.14. The molecule has 0 bridgehead atoms. The lowest BCUT2D eigenvalue weighted by atomic mass is 9.99. The van der Waals surface area contributed by atoms with Crippen molar-refractivity contribution in [3.63, 3.8) is 0 Å². The molecular formula is C10H11BrN2. The lowest BCUT2D eigenvalue weighted by molar-refractivity contribution is 0.907. The molecule has 0 radical (unpaired) electrons. The fourth-order valence-electron chi connectivity index (χ4n) is 1.52. The molecule has 2 nitrogen and oxygen atoms in total. The van der Waals surface area contributed by atoms with Crippen molar-refractivity contribution in [2.24, 2.45) is 0 Å². The summed E-state index contributed by atoms with van der Waals surface area (Å²) < 4.78 is 1.22. The fraction of sp³-hybridized carbons (Fsp3) is 0.200. The number of nitrogens with one attached hydrogen (secondary N) is 2. The number of likely N-dealkylation sites (N-methyl/N-ethyl adjacent to an activating group) is 1. The van der Waals surface area contributed by atoms with E-state index in [4.69, 9.17) is 0 Å². The van der Waals surface area contributed by atoms with Crippen LogP contribution in [0.2, 0.25) is 0 Å². The lowest BCUT2D eigenvalue weighted by Crippen LogP contribution is -2.20. The summed E-state index contributed by atoms with van der Waals surface area (Å²) in [6.07, 6.45) is 9.13. The molecule has 0 spiro atoms. The Morgan fingerprint density at radius 2 is 2.31 bits per heavy atom. The first kappa shape index (κ1) is 8.63. The molecule has 1 aliphatic heterocycles. The summed E-state index contributed by atoms with van der Waals surface area (Å²) in [5.41, 5.74) is 3.70. The second-order valence-electron chi connectivity index (χ2n) is 2.99. The van der Waals surface area contributed by atoms with Gasteiger partial charge in [0, 0.05) is 36.6 Å². The monoisotopic (exact) mass is 238 g/mol. The summed E-state index contributed by atoms with van der Waals surface area (Å²) in [6.45, 7) is 0. The normalized spacial score (nSPS) is 20.2. The van der Waals surface area contributed by atoms with E-state index in [0.717, 1.165) is 6.42 Å². The largest absolute Gasteiger partial charge is 0.388 e. The summed E-state index contributed by atoms with van der Waals surface area (Å²) in [7, 11) is 1.95. The second-order valence-corrected chi connectivity index (χ2v) is 4.01. The molecule has 1 aliphatic carbocycles. The van der Waals surface area contributed by atoms with Gasteiger partial charge < -0.3 is 10.6 Å². The molecule has 0 saturated heterocycles. The van der Waals surface area contributed by atoms with Crippen molar-refractivity contribution < 1.29 is 0 Å². The highest BCUT2D eigenvalue weighted by molar-refractivity contribution is 9.11. The quantitative estimate of drug-likeness (QED) is 0.732. The van der Waals surface area contributed by atoms with Crippen LogP contribution in [0.5, 0.6) is 0 Å². The molecule has 3 heteroatoms. The highest BCUT2D eigenvalue weighted by Crippen LogP contribution is 2.30. The van der Waals surface area contributed by atoms with E-state index >= 15 is 0 Å². The summed E-state index contributed by atoms with van der Waals surface area (Å²) in [6, 6.07) is 0. The molecule has 0 aromatic carbocycles. The van der Waals surface area contributed by atoms with Crippen LogP contribution >= 0.6 is 15.9 Å². The highest BCUT2D eigenvalue weighted by Gasteiger charge is 2.15. The third kappa shape index (κ3) is 1.56. The third-order valence-electron chi connectivity index (χ3n) is 2.18. The van der Waals surface area contributed by atoms with E-state index in [1.807, 2.05) is 13.2 Å². The Morgan fingerprint density at radius 1 is 1.46 bits per heavy atom. The third-order valence-corrected chi connectivity index (χ3v) is 2.73. The Morgan fingerprint density at radius 3 is 3.08 bits per heavy atom. The number of rotatable bonds is 1. The van der Waals surface area contributed by atoms with Gasteiger partial charge in [-0.1, -0.05) is 15.9 Å². The van der Waals surface area contributed by atoms with Gasteiger partial charge in [0.1, 0.15) is 0 Å². The number of halogens is 1. The van der Waals surface area contributed by atoms with Crippen LogP contribution in [0.1, 0.15) is 6.42 Å². The molecule has 0 atom stereocenters. The van der Waals surface area contributed by atoms with Gasteiger partial charge in [-0.05, 0) is 22.7 Å². The first-order chi connectivity index (χ1) is 6.31. The topological polar surface area (TPSA) is 24.1 Å². The first-order valence-corrected chi connectivity index (χ1v) is 5.01. The van der Waals surface area contributed by atoms with Gasteiger partial charge >= 0.3 is 0 Å². The van der Waals surface area contributed by atoms with Crippen molar-refractivity contribution in [2.45, 2.75) is 6.42 Å². The van der Waals surface area contributed by atoms with Crippen LogP contribution in [-0.2, 0) is 0 Å². The molecule has 68 valence electrons. The number of dihydropyridines is 1. The molecule has 2 aliphatic rings. The minimum atomic E-state index is 0.958. The number of hydrogen-bond donors (Lipinski definition) is 2. The average Bonchev–Trinajstić information content (AvgIpc) is 2.17. The Balaban J connectivity index is 2.42. The van der Waals surface area contributed by atoms with Crippen molar-refractivity contribution in [1.29, 1.82) is 0 Å². The van der Waals surface area contributed by atoms with Gasteiger partial charge in [0.25, 0.3) is 0 Å². The smallest absolute Gasteiger partial charge is 0.0436 e. The van der Waals surface area contributed by atoms with Crippen molar-refractivity contribution in [2.75, 3.05) is 7.05 Å². The standard InChI is InChI=1S/C10H11BrN2/c1-12-9-4-5-13-10-3-2-7(11)6-8(9)10/h2-5,12-13H,6H2,1H3. The number of hydrogen-bond acceptors (Lipinski definition) is 2. The van der Waals surface area contributed by atoms with Crippen LogP contribution in [0.15, 0.2) is 45.9 Å². The van der Waals surface area contributed by atoms with E-state index in [1.165, 1.54) is 21.4 Å². The maximum Gasteiger partial charge on any atom is 0.0436 e. The maximum atomic E-state index is 3.51. The van der Waals surface area contributed by atoms with Gasteiger partial charge in [0.05, 0.1) is 0 Å². The zero-order valence-electron chi connectivity index (χ0n) is 7.39. The van der Waals surface area contributed by atoms with Crippen LogP contribution in [0, 0.1) is 0 Å². The molecule has 2 rings (SSSR count). The summed E-state index contributed by atoms with van der Waals surface area (Å²) in [4.78, 5) is 0. The molecule has 0 fully saturated rings. The average molecular weight is 239 g/mol. The molecule has 13 heavy (non-hydrogen) atoms. The van der Waals surface area contributed by atoms with E-state index in [0.29, 0.717) is 0 Å². The van der Waals surface area contributed by atoms with E-state index in [2.05, 4.69) is 44.8 Å². The Hall–Kier alpha value is -0.960. The zero-order valence-corrected chi connectivity index (χ0v) is 8.98. The van der Waals surface area contributed by atoms with Gasteiger partial charge in [0.2, 0.25) is 0 Å². The van der Waals surface area contributed by atoms with Crippen LogP contribution in [-0.4, -0.2) is 7.05 Å². The zero-order chi connectivity index (χ0) is 9.26. The van der Waals surface area contributed by atoms with Gasteiger partial charge in [-0.3, -0.25) is 0 Å². The molecule has 0 unspecified atom stereocenters. The Labute approximate surface area is 86.2 Å². The van der Waals surface area contributed by atoms with Gasteiger partial charge in [0.15, 0.2) is 0 Å². The van der Waals surface area contributed by atoms with E-state index in [9.17, 15) is 0 Å². The molecule has 0 aromatic heterocycles. The fourth-order valence-corrected chi connectivity index (χ4v) is 1.94. The number of fused-ring (bicyclic) bond motifs is 1. The number of allylic oxidation sites excluding steroid dienone is 5. The predicted molar refractivity (Wildman–Crippen MR) is 58.1 cm³/mol. The first-order valence-electron chi connectivity index (χ1n) is 4.22. The minimum Gasteiger partial charge on any atom is -0.388 e. The Bertz CT molecular complexity index is 348. The molecule has 0 aromatic rings. The van der Waals surface area contributed by atoms with Crippen LogP contribution in [0.3, 0.4) is 0 Å². The molecule has 0 amide bonds. The molecule has 1 heterocycles. The maximum absolute atomic E-state index is 3.51. The van der Waals surface area contributed by atoms with Crippen LogP contribution in [0.25, 0.3) is 0 Å². The SMILES string of the molecule is CNC1=C2CC(Br)=CC=C2NC=C1. The minimum absolute atomic E-state index is 0.958. The van der Waals surface area contributed by atoms with E-state index in [-0.39, 0.29) is 0 Å². The van der Waals surface area contributed by atoms with E-state index < -0.39 is 0 Å². The van der Waals surface area contributed by atoms with Crippen molar-refractivity contribution in [1.82, 2.24) is 10.6 Å². The van der Waals surface area contributed by atoms with E-state index in [1.54, 1.807) is 0 Å². The molecular weight excluding hydrogens is 228 g/mol. The summed E-state index contributed by atoms with van der Waals surface area (Å²) in [5, 5.41) is 6.41. The van der Waals surface area contributed by atoms with Crippen molar-refractivity contribution >= 4 is 15.9 Å². The van der Waals surface area contributed by atoms with Crippen LogP contribution < -0.4 is 10.6 Å². The van der Waals surface area contributed by atoms with Gasteiger partial charge in [-0.2, -0.15) is 0 Å². The summed E-state index contributed by atoms with van der Waals surface area (Å²) in [5.74, 6) is 0. The molecule has 2 N–H and O–H groups in total. The van der Waals surface area contributed by atoms with Crippen LogP contribution in [0.4, 0.5) is 0 Å². The van der Waals surface area contributed by atoms with Crippen molar-refractivity contribution in [3.8, 4) is 0 Å². The van der Waals surface area contributed by atoms with Gasteiger partial charge in [-0.15, -0.1) is 0 Å². The summed E-state index contributed by atoms with van der Waals surface area (Å²) >= 11 is 3.51.